The minimum absolute atomic E-state index is 0.240. The van der Waals surface area contributed by atoms with Gasteiger partial charge in [0.15, 0.2) is 0 Å². The second-order valence-electron chi connectivity index (χ2n) is 0.790. The Bertz CT molecular complexity index is 348. The van der Waals surface area contributed by atoms with E-state index in [0.29, 0.717) is 6.54 Å². The predicted molar refractivity (Wildman–Crippen MR) is 86.4 cm³/mol. The van der Waals surface area contributed by atoms with Gasteiger partial charge in [0.25, 0.3) is 0 Å². The summed E-state index contributed by atoms with van der Waals surface area (Å²) in [6.45, 7) is 6.69. The smallest absolute Gasteiger partial charge is 0.211 e. The molecule has 78 valence electrons. The van der Waals surface area contributed by atoms with Crippen molar-refractivity contribution in [2.24, 2.45) is 0 Å². The lowest BCUT2D eigenvalue weighted by Gasteiger charge is -1.51. The monoisotopic (exact) mass is 349 g/mol. The molecule has 0 saturated carbocycles. The molecule has 0 saturated heterocycles. The SMILES string of the molecule is S=S=S=S=S=S=S=S.[3H]CC[N+]#[C-].[3H]S. The quantitative estimate of drug-likeness (QED) is 0.601. The maximum Gasteiger partial charge on any atom is 0.211 e. The van der Waals surface area contributed by atoms with Crippen LogP contribution in [0.2, 0.25) is 0 Å². The van der Waals surface area contributed by atoms with Crippen molar-refractivity contribution in [1.29, 1.82) is 1.12 Å². The molecule has 0 N–H and O–H groups in total. The van der Waals surface area contributed by atoms with Crippen LogP contribution < -0.4 is 0 Å². The van der Waals surface area contributed by atoms with E-state index in [-0.39, 0.29) is 6.90 Å². The average molecular weight is 350 g/mol. The zero-order valence-corrected chi connectivity index (χ0v) is 13.5. The van der Waals surface area contributed by atoms with E-state index in [1.54, 1.807) is 35.5 Å². The largest absolute Gasteiger partial charge is 0.317 e. The van der Waals surface area contributed by atoms with E-state index >= 15 is 0 Å². The van der Waals surface area contributed by atoms with Crippen LogP contribution in [0.25, 0.3) is 4.85 Å². The molecule has 0 amide bonds. The number of nitrogens with zero attached hydrogens (tertiary/aromatic N) is 1. The lowest BCUT2D eigenvalue weighted by molar-refractivity contribution is 1.35. The molecule has 0 aromatic rings. The summed E-state index contributed by atoms with van der Waals surface area (Å²) in [7, 11) is 9.12. The molecule has 10 heteroatoms. The maximum absolute atomic E-state index is 6.39. The first-order chi connectivity index (χ1) is 7.33. The molecular formula is C3H7NS9. The molecule has 0 rings (SSSR count). The Morgan fingerprint density at radius 3 is 1.92 bits per heavy atom. The Hall–Kier alpha value is 1.60. The van der Waals surface area contributed by atoms with Gasteiger partial charge in [-0.1, -0.05) is 0 Å². The van der Waals surface area contributed by atoms with Crippen molar-refractivity contribution in [3.05, 3.63) is 11.4 Å². The molecule has 0 fully saturated rings. The summed E-state index contributed by atoms with van der Waals surface area (Å²) >= 11 is 12.0. The molecule has 13 heavy (non-hydrogen) atoms. The van der Waals surface area contributed by atoms with Crippen molar-refractivity contribution in [3.8, 4) is 0 Å². The van der Waals surface area contributed by atoms with Gasteiger partial charge in [0, 0.05) is 83.9 Å². The molecular weight excluding hydrogens is 339 g/mol. The lowest BCUT2D eigenvalue weighted by Crippen LogP contribution is -1.47. The van der Waals surface area contributed by atoms with Crippen molar-refractivity contribution < 1.29 is 1.37 Å². The highest BCUT2D eigenvalue weighted by atomic mass is 33.4. The normalized spacial score (nSPS) is 7.08. The Balaban J connectivity index is -0.000000177. The maximum atomic E-state index is 6.39. The second-order valence-corrected chi connectivity index (χ2v) is 11.4. The van der Waals surface area contributed by atoms with Gasteiger partial charge in [0.1, 0.15) is 0 Å². The molecule has 0 aromatic carbocycles. The molecule has 0 atom stereocenters. The van der Waals surface area contributed by atoms with Crippen molar-refractivity contribution in [1.82, 2.24) is 0 Å². The summed E-state index contributed by atoms with van der Waals surface area (Å²) in [6, 6.07) is 0. The molecule has 0 radical (unpaired) electrons. The van der Waals surface area contributed by atoms with Crippen LogP contribution in [-0.2, 0) is 75.7 Å². The topological polar surface area (TPSA) is 4.36 Å². The Morgan fingerprint density at radius 2 is 1.77 bits per heavy atom. The zero-order valence-electron chi connectivity index (χ0n) is 8.07. The van der Waals surface area contributed by atoms with Crippen LogP contribution in [-0.4, -0.2) is 7.67 Å². The first-order valence-corrected chi connectivity index (χ1v) is 11.5. The second kappa shape index (κ2) is 23.4. The van der Waals surface area contributed by atoms with Crippen LogP contribution in [0.4, 0.5) is 0 Å². The van der Waals surface area contributed by atoms with E-state index in [1.165, 1.54) is 17.8 Å². The molecule has 0 aromatic heterocycles. The zero-order chi connectivity index (χ0) is 12.4. The van der Waals surface area contributed by atoms with E-state index in [2.05, 4.69) is 40.6 Å². The van der Waals surface area contributed by atoms with Gasteiger partial charge in [-0.25, -0.2) is 6.57 Å². The highest BCUT2D eigenvalue weighted by Gasteiger charge is 1.50. The highest BCUT2D eigenvalue weighted by molar-refractivity contribution is 8.70. The third-order valence-corrected chi connectivity index (χ3v) is 11.4. The summed E-state index contributed by atoms with van der Waals surface area (Å²) < 4.78 is 11.8. The van der Waals surface area contributed by atoms with E-state index < -0.39 is 0 Å². The molecule has 0 aliphatic rings. The summed E-state index contributed by atoms with van der Waals surface area (Å²) in [6.07, 6.45) is 0. The van der Waals surface area contributed by atoms with Crippen LogP contribution in [0.3, 0.4) is 0 Å². The molecule has 0 bridgehead atoms. The Kier molecular flexibility index (Phi) is 26.3. The van der Waals surface area contributed by atoms with Crippen LogP contribution in [0.15, 0.2) is 0 Å². The van der Waals surface area contributed by atoms with Gasteiger partial charge in [-0.2, -0.15) is 13.4 Å². The van der Waals surface area contributed by atoms with Gasteiger partial charge in [0.05, 0.1) is 1.12 Å². The van der Waals surface area contributed by atoms with Gasteiger partial charge in [-0.05, 0) is 0 Å². The molecule has 0 aliphatic carbocycles. The fourth-order valence-corrected chi connectivity index (χ4v) is 11.0. The van der Waals surface area contributed by atoms with Crippen molar-refractivity contribution in [2.75, 3.05) is 6.54 Å². The molecule has 0 aliphatic heterocycles. The third kappa shape index (κ3) is 31.7. The Morgan fingerprint density at radius 1 is 1.31 bits per heavy atom. The van der Waals surface area contributed by atoms with Crippen LogP contribution in [0.1, 0.15) is 8.27 Å². The first kappa shape index (κ1) is 14.6. The predicted octanol–water partition coefficient (Wildman–Crippen LogP) is 1.02. The van der Waals surface area contributed by atoms with Crippen LogP contribution >= 0.6 is 13.4 Å². The van der Waals surface area contributed by atoms with Gasteiger partial charge in [0.2, 0.25) is 6.54 Å². The number of rotatable bonds is 0. The average Bonchev–Trinajstić information content (AvgIpc) is 2.29. The first-order valence-electron chi connectivity index (χ1n) is 3.36. The van der Waals surface area contributed by atoms with Crippen molar-refractivity contribution in [3.63, 3.8) is 0 Å². The molecule has 1 nitrogen and oxygen atoms in total. The minimum Gasteiger partial charge on any atom is -0.317 e. The standard InChI is InChI=1S/C3H5N.S8.H2S/c1-3-4-2;1-3-5-7-8-6-4-2;/h3H2,1H3;;1H2/i1T;;/hT. The van der Waals surface area contributed by atoms with Gasteiger partial charge in [-0.3, -0.25) is 0 Å². The van der Waals surface area contributed by atoms with E-state index in [0.717, 1.165) is 0 Å². The molecule has 0 unspecified atom stereocenters. The third-order valence-electron chi connectivity index (χ3n) is 0.251. The molecule has 0 spiro atoms. The lowest BCUT2D eigenvalue weighted by atomic mass is 10.8. The summed E-state index contributed by atoms with van der Waals surface area (Å²) in [5.41, 5.74) is 0. The van der Waals surface area contributed by atoms with Crippen LogP contribution in [0.5, 0.6) is 0 Å². The highest BCUT2D eigenvalue weighted by Crippen LogP contribution is 1.52. The fraction of sp³-hybridized carbons (Fsp3) is 0.667. The summed E-state index contributed by atoms with van der Waals surface area (Å²) in [5.74, 6) is 0. The van der Waals surface area contributed by atoms with Gasteiger partial charge < -0.3 is 4.85 Å². The van der Waals surface area contributed by atoms with E-state index in [9.17, 15) is 0 Å². The fourth-order valence-electron chi connectivity index (χ4n) is 0.0454. The van der Waals surface area contributed by atoms with E-state index in [1.807, 2.05) is 0 Å². The number of hydrogen-bond donors (Lipinski definition) is 0. The van der Waals surface area contributed by atoms with Crippen molar-refractivity contribution >= 4 is 89.1 Å². The summed E-state index contributed by atoms with van der Waals surface area (Å²) in [4.78, 5) is 2.92. The minimum atomic E-state index is 0.240. The van der Waals surface area contributed by atoms with Gasteiger partial charge >= 0.3 is 0 Å². The number of hydrogen-bond acceptors (Lipinski definition) is 2. The van der Waals surface area contributed by atoms with Gasteiger partial charge in [-0.15, -0.1) is 0 Å². The van der Waals surface area contributed by atoms with Crippen molar-refractivity contribution in [2.45, 2.75) is 6.90 Å². The Labute approximate surface area is 115 Å². The molecule has 0 heterocycles. The van der Waals surface area contributed by atoms with E-state index in [4.69, 9.17) is 9.07 Å². The summed E-state index contributed by atoms with van der Waals surface area (Å²) in [5, 5.41) is 0. The van der Waals surface area contributed by atoms with Crippen LogP contribution in [0, 0.1) is 6.57 Å².